The molecule has 0 spiro atoms. The lowest BCUT2D eigenvalue weighted by molar-refractivity contribution is -0.153. The Bertz CT molecular complexity index is 1270. The Balaban J connectivity index is 1.42. The van der Waals surface area contributed by atoms with Crippen LogP contribution in [0, 0.1) is 11.8 Å². The van der Waals surface area contributed by atoms with E-state index in [4.69, 9.17) is 4.74 Å². The average molecular weight is 490 g/mol. The van der Waals surface area contributed by atoms with Gasteiger partial charge < -0.3 is 25.2 Å². The molecule has 0 fully saturated rings. The molecule has 3 atom stereocenters. The van der Waals surface area contributed by atoms with Crippen LogP contribution in [0.15, 0.2) is 55.0 Å². The summed E-state index contributed by atoms with van der Waals surface area (Å²) in [5, 5.41) is 27.7. The standard InChI is InChI=1S/C26H27N5O5/c1-3-4-13-36-22-14-18(8-9-21(22)31-12-6-11-28-31)17(2)29-25(34)23(32)24(33)26(35)30-15-19-7-5-10-27-20(19)16-30/h5-12,14,17,23-24,32-33H,13,15-16H2,1-2H3,(H,29,34). The van der Waals surface area contributed by atoms with Gasteiger partial charge in [0.15, 0.2) is 12.2 Å². The highest BCUT2D eigenvalue weighted by Gasteiger charge is 2.36. The molecule has 0 saturated carbocycles. The first-order valence-corrected chi connectivity index (χ1v) is 11.4. The number of aliphatic hydroxyl groups excluding tert-OH is 2. The second-order valence-corrected chi connectivity index (χ2v) is 8.32. The summed E-state index contributed by atoms with van der Waals surface area (Å²) in [4.78, 5) is 31.0. The Labute approximate surface area is 208 Å². The lowest BCUT2D eigenvalue weighted by Crippen LogP contribution is -2.50. The minimum atomic E-state index is -1.93. The zero-order valence-corrected chi connectivity index (χ0v) is 20.0. The third-order valence-electron chi connectivity index (χ3n) is 5.89. The van der Waals surface area contributed by atoms with Crippen LogP contribution in [0.25, 0.3) is 5.69 Å². The summed E-state index contributed by atoms with van der Waals surface area (Å²) in [7, 11) is 0. The lowest BCUT2D eigenvalue weighted by atomic mass is 10.1. The van der Waals surface area contributed by atoms with Crippen LogP contribution in [0.4, 0.5) is 0 Å². The van der Waals surface area contributed by atoms with Crippen molar-refractivity contribution in [2.45, 2.75) is 45.2 Å². The van der Waals surface area contributed by atoms with Crippen LogP contribution in [0.5, 0.6) is 5.75 Å². The van der Waals surface area contributed by atoms with Gasteiger partial charge in [-0.2, -0.15) is 5.10 Å². The summed E-state index contributed by atoms with van der Waals surface area (Å²) in [6.07, 6.45) is 1.22. The molecule has 1 aliphatic heterocycles. The molecular weight excluding hydrogens is 462 g/mol. The fraction of sp³-hybridized carbons (Fsp3) is 0.308. The van der Waals surface area contributed by atoms with E-state index < -0.39 is 30.1 Å². The van der Waals surface area contributed by atoms with Crippen LogP contribution in [0.3, 0.4) is 0 Å². The second kappa shape index (κ2) is 11.0. The first-order valence-electron chi connectivity index (χ1n) is 11.4. The van der Waals surface area contributed by atoms with Gasteiger partial charge >= 0.3 is 0 Å². The normalized spacial score (nSPS) is 14.7. The maximum Gasteiger partial charge on any atom is 0.255 e. The molecule has 3 unspecified atom stereocenters. The van der Waals surface area contributed by atoms with E-state index in [1.54, 1.807) is 67.5 Å². The minimum Gasteiger partial charge on any atom is -0.479 e. The SMILES string of the molecule is CC#CCOc1cc(C(C)NC(=O)C(O)C(O)C(=O)N2Cc3cccnc3C2)ccc1-n1cccn1. The molecule has 10 nitrogen and oxygen atoms in total. The van der Waals surface area contributed by atoms with Crippen LogP contribution in [-0.4, -0.2) is 60.5 Å². The monoisotopic (exact) mass is 489 g/mol. The van der Waals surface area contributed by atoms with Crippen molar-refractivity contribution >= 4 is 11.8 Å². The molecule has 3 N–H and O–H groups in total. The van der Waals surface area contributed by atoms with Gasteiger partial charge in [0.25, 0.3) is 11.8 Å². The van der Waals surface area contributed by atoms with E-state index >= 15 is 0 Å². The third-order valence-corrected chi connectivity index (χ3v) is 5.89. The number of carbonyl (C=O) groups is 2. The summed E-state index contributed by atoms with van der Waals surface area (Å²) in [5.74, 6) is 4.53. The summed E-state index contributed by atoms with van der Waals surface area (Å²) in [6, 6.07) is 10.2. The molecule has 1 aromatic carbocycles. The van der Waals surface area contributed by atoms with Gasteiger partial charge in [-0.1, -0.05) is 18.1 Å². The number of benzene rings is 1. The maximum atomic E-state index is 12.7. The lowest BCUT2D eigenvalue weighted by Gasteiger charge is -2.24. The summed E-state index contributed by atoms with van der Waals surface area (Å²) >= 11 is 0. The van der Waals surface area contributed by atoms with Gasteiger partial charge in [-0.15, -0.1) is 5.92 Å². The fourth-order valence-corrected chi connectivity index (χ4v) is 3.91. The number of rotatable bonds is 8. The van der Waals surface area contributed by atoms with Crippen molar-refractivity contribution in [2.75, 3.05) is 6.61 Å². The smallest absolute Gasteiger partial charge is 0.255 e. The van der Waals surface area contributed by atoms with Gasteiger partial charge in [-0.05, 0) is 49.2 Å². The van der Waals surface area contributed by atoms with E-state index in [1.807, 2.05) is 6.07 Å². The molecular formula is C26H27N5O5. The highest BCUT2D eigenvalue weighted by atomic mass is 16.5. The Morgan fingerprint density at radius 2 is 2.00 bits per heavy atom. The zero-order valence-electron chi connectivity index (χ0n) is 20.0. The predicted molar refractivity (Wildman–Crippen MR) is 130 cm³/mol. The van der Waals surface area contributed by atoms with Crippen molar-refractivity contribution in [1.82, 2.24) is 25.0 Å². The zero-order chi connectivity index (χ0) is 25.7. The topological polar surface area (TPSA) is 130 Å². The Morgan fingerprint density at radius 3 is 2.72 bits per heavy atom. The highest BCUT2D eigenvalue weighted by molar-refractivity contribution is 5.91. The molecule has 186 valence electrons. The predicted octanol–water partition coefficient (Wildman–Crippen LogP) is 1.11. The van der Waals surface area contributed by atoms with E-state index in [9.17, 15) is 19.8 Å². The average Bonchev–Trinajstić information content (AvgIpc) is 3.57. The number of nitrogens with zero attached hydrogens (tertiary/aromatic N) is 4. The molecule has 0 bridgehead atoms. The quantitative estimate of drug-likeness (QED) is 0.404. The third kappa shape index (κ3) is 5.38. The van der Waals surface area contributed by atoms with E-state index in [1.165, 1.54) is 4.90 Å². The minimum absolute atomic E-state index is 0.178. The number of nitrogens with one attached hydrogen (secondary N) is 1. The van der Waals surface area contributed by atoms with Gasteiger partial charge in [0, 0.05) is 25.1 Å². The number of ether oxygens (including phenoxy) is 1. The Morgan fingerprint density at radius 1 is 1.17 bits per heavy atom. The van der Waals surface area contributed by atoms with Crippen molar-refractivity contribution in [3.8, 4) is 23.3 Å². The van der Waals surface area contributed by atoms with Crippen LogP contribution < -0.4 is 10.1 Å². The van der Waals surface area contributed by atoms with Gasteiger partial charge in [0.1, 0.15) is 18.0 Å². The van der Waals surface area contributed by atoms with E-state index in [0.717, 1.165) is 11.3 Å². The summed E-state index contributed by atoms with van der Waals surface area (Å²) < 4.78 is 7.46. The van der Waals surface area contributed by atoms with Crippen molar-refractivity contribution in [2.24, 2.45) is 0 Å². The molecule has 0 aliphatic carbocycles. The molecule has 0 saturated heterocycles. The summed E-state index contributed by atoms with van der Waals surface area (Å²) in [6.45, 7) is 4.09. The number of hydrogen-bond acceptors (Lipinski definition) is 7. The number of amides is 2. The largest absolute Gasteiger partial charge is 0.479 e. The molecule has 2 aromatic heterocycles. The van der Waals surface area contributed by atoms with Gasteiger partial charge in [-0.25, -0.2) is 4.68 Å². The Kier molecular flexibility index (Phi) is 7.63. The first kappa shape index (κ1) is 24.9. The van der Waals surface area contributed by atoms with Crippen LogP contribution in [-0.2, 0) is 22.7 Å². The molecule has 2 amide bonds. The van der Waals surface area contributed by atoms with Crippen molar-refractivity contribution in [1.29, 1.82) is 0 Å². The van der Waals surface area contributed by atoms with Crippen molar-refractivity contribution < 1.29 is 24.5 Å². The van der Waals surface area contributed by atoms with E-state index in [0.29, 0.717) is 17.0 Å². The second-order valence-electron chi connectivity index (χ2n) is 8.32. The highest BCUT2D eigenvalue weighted by Crippen LogP contribution is 2.27. The molecule has 1 aliphatic rings. The fourth-order valence-electron chi connectivity index (χ4n) is 3.91. The molecule has 10 heteroatoms. The van der Waals surface area contributed by atoms with Crippen LogP contribution >= 0.6 is 0 Å². The van der Waals surface area contributed by atoms with Crippen LogP contribution in [0.2, 0.25) is 0 Å². The molecule has 3 aromatic rings. The number of aliphatic hydroxyl groups is 2. The van der Waals surface area contributed by atoms with Gasteiger partial charge in [0.05, 0.1) is 18.3 Å². The number of pyridine rings is 1. The van der Waals surface area contributed by atoms with Gasteiger partial charge in [-0.3, -0.25) is 14.6 Å². The van der Waals surface area contributed by atoms with Crippen molar-refractivity contribution in [3.63, 3.8) is 0 Å². The van der Waals surface area contributed by atoms with Crippen LogP contribution in [0.1, 0.15) is 36.7 Å². The van der Waals surface area contributed by atoms with Gasteiger partial charge in [0.2, 0.25) is 0 Å². The molecule has 3 heterocycles. The Hall–Kier alpha value is -4.20. The van der Waals surface area contributed by atoms with Crippen molar-refractivity contribution in [3.05, 3.63) is 71.8 Å². The molecule has 36 heavy (non-hydrogen) atoms. The summed E-state index contributed by atoms with van der Waals surface area (Å²) in [5.41, 5.74) is 2.98. The number of hydrogen-bond donors (Lipinski definition) is 3. The first-order chi connectivity index (χ1) is 17.4. The molecule has 4 rings (SSSR count). The van der Waals surface area contributed by atoms with E-state index in [2.05, 4.69) is 27.2 Å². The maximum absolute atomic E-state index is 12.7. The number of carbonyl (C=O) groups excluding carboxylic acids is 2. The van der Waals surface area contributed by atoms with E-state index in [-0.39, 0.29) is 19.7 Å². The number of aromatic nitrogens is 3. The number of fused-ring (bicyclic) bond motifs is 1. The molecule has 0 radical (unpaired) electrons.